The van der Waals surface area contributed by atoms with E-state index in [4.69, 9.17) is 13.7 Å². The number of amides is 1. The molecule has 29 heavy (non-hydrogen) atoms. The van der Waals surface area contributed by atoms with Crippen LogP contribution in [-0.2, 0) is 19.6 Å². The van der Waals surface area contributed by atoms with Gasteiger partial charge in [0.25, 0.3) is 10.0 Å². The number of carbonyl (C=O) groups excluding carboxylic acids is 1. The minimum Gasteiger partial charge on any atom is -0.440 e. The summed E-state index contributed by atoms with van der Waals surface area (Å²) in [5, 5.41) is 6.62. The fraction of sp³-hybridized carbons (Fsp3) is 0.579. The van der Waals surface area contributed by atoms with Crippen molar-refractivity contribution in [3.8, 4) is 11.5 Å². The predicted octanol–water partition coefficient (Wildman–Crippen LogP) is 1.41. The summed E-state index contributed by atoms with van der Waals surface area (Å²) in [6.07, 6.45) is 2.28. The second-order valence-electron chi connectivity index (χ2n) is 8.27. The molecule has 0 aromatic carbocycles. The van der Waals surface area contributed by atoms with Gasteiger partial charge in [0.05, 0.1) is 24.3 Å². The third kappa shape index (κ3) is 3.19. The Balaban J connectivity index is 1.36. The lowest BCUT2D eigenvalue weighted by Crippen LogP contribution is -2.47. The second-order valence-corrected chi connectivity index (χ2v) is 10.1. The number of fused-ring (bicyclic) bond motifs is 1. The van der Waals surface area contributed by atoms with Gasteiger partial charge in [-0.3, -0.25) is 4.79 Å². The van der Waals surface area contributed by atoms with Gasteiger partial charge in [0.2, 0.25) is 16.8 Å². The molecule has 10 heteroatoms. The summed E-state index contributed by atoms with van der Waals surface area (Å²) >= 11 is 0. The van der Waals surface area contributed by atoms with Crippen molar-refractivity contribution in [2.24, 2.45) is 17.3 Å². The number of carbonyl (C=O) groups is 1. The molecule has 0 radical (unpaired) electrons. The lowest BCUT2D eigenvalue weighted by Gasteiger charge is -2.25. The molecular weight excluding hydrogens is 398 g/mol. The van der Waals surface area contributed by atoms with Crippen molar-refractivity contribution in [2.75, 3.05) is 32.8 Å². The number of hydrogen-bond acceptors (Lipinski definition) is 7. The number of aryl methyl sites for hydroxylation is 1. The summed E-state index contributed by atoms with van der Waals surface area (Å²) in [4.78, 5) is 12.9. The third-order valence-corrected chi connectivity index (χ3v) is 7.78. The summed E-state index contributed by atoms with van der Waals surface area (Å²) in [5.41, 5.74) is -0.160. The Hall–Kier alpha value is -2.17. The third-order valence-electron chi connectivity index (χ3n) is 6.09. The molecule has 2 aromatic rings. The number of aromatic nitrogens is 1. The Bertz CT molecular complexity index is 1040. The van der Waals surface area contributed by atoms with Gasteiger partial charge in [-0.25, -0.2) is 8.42 Å². The van der Waals surface area contributed by atoms with Gasteiger partial charge in [-0.05, 0) is 37.8 Å². The molecule has 2 saturated heterocycles. The van der Waals surface area contributed by atoms with Crippen molar-refractivity contribution in [2.45, 2.75) is 24.9 Å². The highest BCUT2D eigenvalue weighted by Gasteiger charge is 2.58. The minimum absolute atomic E-state index is 0.0912. The largest absolute Gasteiger partial charge is 0.440 e. The molecule has 4 heterocycles. The normalized spacial score (nSPS) is 27.3. The smallest absolute Gasteiger partial charge is 0.276 e. The highest BCUT2D eigenvalue weighted by Crippen LogP contribution is 2.44. The Morgan fingerprint density at radius 3 is 2.90 bits per heavy atom. The SMILES string of the molecule is Cc1cc(-c2ccc(S(=O)(=O)N3C[C@H]4COC[C@@]4(C(=O)NCC4CC4)C3)o2)on1. The number of furan rings is 1. The fourth-order valence-corrected chi connectivity index (χ4v) is 5.59. The van der Waals surface area contributed by atoms with E-state index in [-0.39, 0.29) is 36.6 Å². The van der Waals surface area contributed by atoms with Crippen molar-refractivity contribution in [3.63, 3.8) is 0 Å². The molecule has 2 aromatic heterocycles. The molecule has 0 unspecified atom stereocenters. The van der Waals surface area contributed by atoms with Crippen molar-refractivity contribution >= 4 is 15.9 Å². The molecule has 9 nitrogen and oxygen atoms in total. The van der Waals surface area contributed by atoms with E-state index in [0.29, 0.717) is 36.3 Å². The summed E-state index contributed by atoms with van der Waals surface area (Å²) in [5.74, 6) is 0.943. The number of nitrogens with zero attached hydrogens (tertiary/aromatic N) is 2. The lowest BCUT2D eigenvalue weighted by molar-refractivity contribution is -0.131. The summed E-state index contributed by atoms with van der Waals surface area (Å²) in [6, 6.07) is 4.63. The maximum absolute atomic E-state index is 13.2. The van der Waals surface area contributed by atoms with Crippen LogP contribution in [0.25, 0.3) is 11.5 Å². The first-order valence-corrected chi connectivity index (χ1v) is 11.2. The average molecular weight is 421 g/mol. The van der Waals surface area contributed by atoms with E-state index in [0.717, 1.165) is 12.8 Å². The average Bonchev–Trinajstić information content (AvgIpc) is 3.10. The highest BCUT2D eigenvalue weighted by atomic mass is 32.2. The van der Waals surface area contributed by atoms with Gasteiger partial charge in [0.15, 0.2) is 5.76 Å². The maximum atomic E-state index is 13.2. The van der Waals surface area contributed by atoms with Crippen LogP contribution in [0.1, 0.15) is 18.5 Å². The molecule has 3 fully saturated rings. The van der Waals surface area contributed by atoms with Crippen molar-refractivity contribution in [3.05, 3.63) is 23.9 Å². The fourth-order valence-electron chi connectivity index (χ4n) is 4.13. The van der Waals surface area contributed by atoms with E-state index in [9.17, 15) is 13.2 Å². The molecule has 156 valence electrons. The van der Waals surface area contributed by atoms with Gasteiger partial charge in [-0.1, -0.05) is 5.16 Å². The van der Waals surface area contributed by atoms with E-state index < -0.39 is 15.4 Å². The molecule has 2 aliphatic heterocycles. The topological polar surface area (TPSA) is 115 Å². The number of ether oxygens (including phenoxy) is 1. The van der Waals surface area contributed by atoms with Crippen LogP contribution in [0.2, 0.25) is 0 Å². The zero-order valence-electron chi connectivity index (χ0n) is 16.1. The van der Waals surface area contributed by atoms with Gasteiger partial charge >= 0.3 is 0 Å². The molecule has 0 spiro atoms. The van der Waals surface area contributed by atoms with E-state index in [2.05, 4.69) is 10.5 Å². The molecule has 0 bridgehead atoms. The van der Waals surface area contributed by atoms with E-state index in [1.165, 1.54) is 10.4 Å². The molecule has 1 N–H and O–H groups in total. The van der Waals surface area contributed by atoms with Gasteiger partial charge < -0.3 is 19.0 Å². The Morgan fingerprint density at radius 2 is 2.17 bits per heavy atom. The van der Waals surface area contributed by atoms with Crippen LogP contribution >= 0.6 is 0 Å². The zero-order valence-corrected chi connectivity index (χ0v) is 16.9. The zero-order chi connectivity index (χ0) is 20.2. The standard InChI is InChI=1S/C19H23N3O6S/c1-12-6-16(28-21-12)15-4-5-17(27-15)29(24,25)22-8-14-9-26-11-19(14,10-22)18(23)20-7-13-2-3-13/h4-6,13-14H,2-3,7-11H2,1H3,(H,20,23)/t14-,19-/m0/s1. The predicted molar refractivity (Wildman–Crippen MR) is 100 cm³/mol. The first-order chi connectivity index (χ1) is 13.9. The molecule has 1 amide bonds. The second kappa shape index (κ2) is 6.68. The highest BCUT2D eigenvalue weighted by molar-refractivity contribution is 7.89. The molecule has 3 aliphatic rings. The lowest BCUT2D eigenvalue weighted by atomic mass is 9.80. The molecule has 5 rings (SSSR count). The Kier molecular flexibility index (Phi) is 4.34. The summed E-state index contributed by atoms with van der Waals surface area (Å²) in [6.45, 7) is 3.36. The van der Waals surface area contributed by atoms with Crippen LogP contribution in [0.4, 0.5) is 0 Å². The van der Waals surface area contributed by atoms with Crippen LogP contribution in [-0.4, -0.2) is 56.6 Å². The van der Waals surface area contributed by atoms with Crippen molar-refractivity contribution in [1.29, 1.82) is 0 Å². The van der Waals surface area contributed by atoms with E-state index in [1.54, 1.807) is 19.1 Å². The molecule has 1 saturated carbocycles. The minimum atomic E-state index is -3.88. The molecular formula is C19H23N3O6S. The summed E-state index contributed by atoms with van der Waals surface area (Å²) < 4.78 is 43.9. The Morgan fingerprint density at radius 1 is 1.34 bits per heavy atom. The molecule has 2 atom stereocenters. The van der Waals surface area contributed by atoms with Crippen LogP contribution in [0, 0.1) is 24.2 Å². The van der Waals surface area contributed by atoms with Crippen LogP contribution in [0.15, 0.2) is 32.2 Å². The number of nitrogens with one attached hydrogen (secondary N) is 1. The van der Waals surface area contributed by atoms with Gasteiger partial charge in [-0.15, -0.1) is 0 Å². The number of sulfonamides is 1. The van der Waals surface area contributed by atoms with Crippen LogP contribution in [0.5, 0.6) is 0 Å². The van der Waals surface area contributed by atoms with E-state index >= 15 is 0 Å². The Labute approximate surface area is 168 Å². The maximum Gasteiger partial charge on any atom is 0.276 e. The van der Waals surface area contributed by atoms with E-state index in [1.807, 2.05) is 0 Å². The van der Waals surface area contributed by atoms with Crippen LogP contribution in [0.3, 0.4) is 0 Å². The van der Waals surface area contributed by atoms with Crippen molar-refractivity contribution in [1.82, 2.24) is 14.8 Å². The van der Waals surface area contributed by atoms with Crippen molar-refractivity contribution < 1.29 is 26.9 Å². The number of hydrogen-bond donors (Lipinski definition) is 1. The van der Waals surface area contributed by atoms with Crippen LogP contribution < -0.4 is 5.32 Å². The summed E-state index contributed by atoms with van der Waals surface area (Å²) in [7, 11) is -3.88. The number of rotatable bonds is 6. The van der Waals surface area contributed by atoms with Gasteiger partial charge in [0, 0.05) is 31.6 Å². The monoisotopic (exact) mass is 421 g/mol. The first kappa shape index (κ1) is 18.8. The van der Waals surface area contributed by atoms with Gasteiger partial charge in [-0.2, -0.15) is 4.31 Å². The molecule has 1 aliphatic carbocycles. The quantitative estimate of drug-likeness (QED) is 0.750. The van der Waals surface area contributed by atoms with Gasteiger partial charge in [0.1, 0.15) is 0 Å². The first-order valence-electron chi connectivity index (χ1n) is 9.78.